The van der Waals surface area contributed by atoms with E-state index in [-0.39, 0.29) is 6.10 Å². The zero-order valence-electron chi connectivity index (χ0n) is 10.6. The maximum absolute atomic E-state index is 9.88. The zero-order chi connectivity index (χ0) is 12.1. The van der Waals surface area contributed by atoms with Crippen LogP contribution in [0.25, 0.3) is 0 Å². The molecule has 1 aliphatic rings. The summed E-state index contributed by atoms with van der Waals surface area (Å²) in [5, 5.41) is 9.88. The molecule has 90 valence electrons. The first-order valence-electron chi connectivity index (χ1n) is 6.22. The van der Waals surface area contributed by atoms with Gasteiger partial charge in [0, 0.05) is 0 Å². The quantitative estimate of drug-likeness (QED) is 0.665. The highest BCUT2D eigenvalue weighted by Crippen LogP contribution is 2.25. The summed E-state index contributed by atoms with van der Waals surface area (Å²) in [5.41, 5.74) is 2.09. The Balaban J connectivity index is 2.75. The van der Waals surface area contributed by atoms with Gasteiger partial charge >= 0.3 is 0 Å². The molecule has 0 radical (unpaired) electrons. The second kappa shape index (κ2) is 6.05. The van der Waals surface area contributed by atoms with Crippen LogP contribution in [0.5, 0.6) is 0 Å². The lowest BCUT2D eigenvalue weighted by molar-refractivity contribution is 0.195. The van der Waals surface area contributed by atoms with E-state index < -0.39 is 0 Å². The minimum Gasteiger partial charge on any atom is -0.389 e. The van der Waals surface area contributed by atoms with E-state index in [4.69, 9.17) is 0 Å². The average molecular weight is 220 g/mol. The van der Waals surface area contributed by atoms with E-state index in [0.717, 1.165) is 36.8 Å². The Morgan fingerprint density at radius 2 is 1.94 bits per heavy atom. The molecule has 0 heterocycles. The molecule has 0 spiro atoms. The van der Waals surface area contributed by atoms with Gasteiger partial charge in [-0.1, -0.05) is 44.7 Å². The van der Waals surface area contributed by atoms with Gasteiger partial charge in [-0.3, -0.25) is 0 Å². The topological polar surface area (TPSA) is 20.2 Å². The summed E-state index contributed by atoms with van der Waals surface area (Å²) in [6.07, 6.45) is 7.69. The van der Waals surface area contributed by atoms with E-state index in [1.54, 1.807) is 0 Å². The van der Waals surface area contributed by atoms with Crippen molar-refractivity contribution in [2.75, 3.05) is 0 Å². The molecule has 2 unspecified atom stereocenters. The summed E-state index contributed by atoms with van der Waals surface area (Å²) in [6.45, 7) is 12.5. The van der Waals surface area contributed by atoms with Crippen molar-refractivity contribution in [3.05, 3.63) is 36.5 Å². The van der Waals surface area contributed by atoms with E-state index >= 15 is 0 Å². The molecule has 1 rings (SSSR count). The van der Waals surface area contributed by atoms with Gasteiger partial charge in [0.2, 0.25) is 0 Å². The molecule has 16 heavy (non-hydrogen) atoms. The number of rotatable bonds is 1. The van der Waals surface area contributed by atoms with E-state index in [1.807, 2.05) is 0 Å². The summed E-state index contributed by atoms with van der Waals surface area (Å²) in [5.74, 6) is 1.20. The third-order valence-corrected chi connectivity index (χ3v) is 3.44. The SMILES string of the molecule is C=C1/C=C\C(C(C)C)CCC(=C)C(O)CC1. The number of aliphatic hydroxyl groups excluding tert-OH is 1. The molecule has 0 saturated carbocycles. The van der Waals surface area contributed by atoms with Crippen LogP contribution in [0, 0.1) is 11.8 Å². The fourth-order valence-electron chi connectivity index (χ4n) is 2.04. The molecule has 0 aromatic carbocycles. The summed E-state index contributed by atoms with van der Waals surface area (Å²) in [6, 6.07) is 0. The van der Waals surface area contributed by atoms with Crippen LogP contribution in [0.15, 0.2) is 36.5 Å². The fourth-order valence-corrected chi connectivity index (χ4v) is 2.04. The van der Waals surface area contributed by atoms with Gasteiger partial charge in [0.1, 0.15) is 0 Å². The molecule has 0 amide bonds. The van der Waals surface area contributed by atoms with Crippen LogP contribution in [0.2, 0.25) is 0 Å². The maximum Gasteiger partial charge on any atom is 0.0750 e. The van der Waals surface area contributed by atoms with Crippen molar-refractivity contribution in [3.63, 3.8) is 0 Å². The highest BCUT2D eigenvalue weighted by Gasteiger charge is 2.15. The molecule has 0 bridgehead atoms. The molecule has 0 fully saturated rings. The van der Waals surface area contributed by atoms with Crippen LogP contribution in [-0.4, -0.2) is 11.2 Å². The zero-order valence-corrected chi connectivity index (χ0v) is 10.6. The second-order valence-electron chi connectivity index (χ2n) is 5.18. The number of aliphatic hydroxyl groups is 1. The van der Waals surface area contributed by atoms with Crippen molar-refractivity contribution in [1.82, 2.24) is 0 Å². The van der Waals surface area contributed by atoms with Crippen molar-refractivity contribution >= 4 is 0 Å². The summed E-state index contributed by atoms with van der Waals surface area (Å²) in [7, 11) is 0. The van der Waals surface area contributed by atoms with Gasteiger partial charge in [-0.2, -0.15) is 0 Å². The van der Waals surface area contributed by atoms with Gasteiger partial charge in [-0.05, 0) is 43.1 Å². The van der Waals surface area contributed by atoms with Crippen LogP contribution in [0.4, 0.5) is 0 Å². The molecular formula is C15H24O. The van der Waals surface area contributed by atoms with Crippen molar-refractivity contribution in [2.24, 2.45) is 11.8 Å². The monoisotopic (exact) mass is 220 g/mol. The van der Waals surface area contributed by atoms with Gasteiger partial charge < -0.3 is 5.11 Å². The standard InChI is InChI=1S/C15H24O/c1-11(2)14-8-5-12(3)6-10-15(16)13(4)7-9-14/h5,8,11,14-16H,3-4,6-7,9-10H2,1-2H3/b8-5-. The summed E-state index contributed by atoms with van der Waals surface area (Å²) >= 11 is 0. The van der Waals surface area contributed by atoms with E-state index in [0.29, 0.717) is 11.8 Å². The Morgan fingerprint density at radius 3 is 2.56 bits per heavy atom. The highest BCUT2D eigenvalue weighted by atomic mass is 16.3. The van der Waals surface area contributed by atoms with Gasteiger partial charge in [-0.15, -0.1) is 0 Å². The second-order valence-corrected chi connectivity index (χ2v) is 5.18. The van der Waals surface area contributed by atoms with Gasteiger partial charge in [-0.25, -0.2) is 0 Å². The Kier molecular flexibility index (Phi) is 5.01. The van der Waals surface area contributed by atoms with Gasteiger partial charge in [0.05, 0.1) is 6.10 Å². The molecular weight excluding hydrogens is 196 g/mol. The number of hydrogen-bond acceptors (Lipinski definition) is 1. The van der Waals surface area contributed by atoms with Crippen LogP contribution in [0.3, 0.4) is 0 Å². The Hall–Kier alpha value is -0.820. The molecule has 0 saturated heterocycles. The van der Waals surface area contributed by atoms with Crippen LogP contribution in [0.1, 0.15) is 39.5 Å². The van der Waals surface area contributed by atoms with Crippen molar-refractivity contribution in [3.8, 4) is 0 Å². The Morgan fingerprint density at radius 1 is 1.25 bits per heavy atom. The lowest BCUT2D eigenvalue weighted by atomic mass is 9.86. The predicted octanol–water partition coefficient (Wildman–Crippen LogP) is 3.86. The minimum absolute atomic E-state index is 0.351. The third-order valence-electron chi connectivity index (χ3n) is 3.44. The van der Waals surface area contributed by atoms with Crippen molar-refractivity contribution in [1.29, 1.82) is 0 Å². The largest absolute Gasteiger partial charge is 0.389 e. The van der Waals surface area contributed by atoms with Crippen LogP contribution in [-0.2, 0) is 0 Å². The first kappa shape index (κ1) is 13.2. The lowest BCUT2D eigenvalue weighted by Crippen LogP contribution is -2.13. The summed E-state index contributed by atoms with van der Waals surface area (Å²) in [4.78, 5) is 0. The molecule has 1 aliphatic carbocycles. The van der Waals surface area contributed by atoms with Gasteiger partial charge in [0.15, 0.2) is 0 Å². The van der Waals surface area contributed by atoms with Crippen LogP contribution < -0.4 is 0 Å². The van der Waals surface area contributed by atoms with Gasteiger partial charge in [0.25, 0.3) is 0 Å². The summed E-state index contributed by atoms with van der Waals surface area (Å²) < 4.78 is 0. The molecule has 1 heteroatoms. The first-order chi connectivity index (χ1) is 7.50. The molecule has 1 N–H and O–H groups in total. The van der Waals surface area contributed by atoms with E-state index in [2.05, 4.69) is 39.2 Å². The highest BCUT2D eigenvalue weighted by molar-refractivity contribution is 5.17. The molecule has 2 atom stereocenters. The predicted molar refractivity (Wildman–Crippen MR) is 70.2 cm³/mol. The minimum atomic E-state index is -0.351. The smallest absolute Gasteiger partial charge is 0.0750 e. The maximum atomic E-state index is 9.88. The number of allylic oxidation sites excluding steroid dienone is 3. The average Bonchev–Trinajstić information content (AvgIpc) is 2.23. The fraction of sp³-hybridized carbons (Fsp3) is 0.600. The van der Waals surface area contributed by atoms with Crippen molar-refractivity contribution < 1.29 is 5.11 Å². The molecule has 1 nitrogen and oxygen atoms in total. The number of hydrogen-bond donors (Lipinski definition) is 1. The first-order valence-corrected chi connectivity index (χ1v) is 6.22. The van der Waals surface area contributed by atoms with Crippen molar-refractivity contribution in [2.45, 2.75) is 45.6 Å². The Bertz CT molecular complexity index is 286. The lowest BCUT2D eigenvalue weighted by Gasteiger charge is -2.21. The molecule has 0 aliphatic heterocycles. The molecule has 0 aromatic rings. The Labute approximate surface area is 99.6 Å². The van der Waals surface area contributed by atoms with Crippen LogP contribution >= 0.6 is 0 Å². The van der Waals surface area contributed by atoms with E-state index in [9.17, 15) is 5.11 Å². The molecule has 0 aromatic heterocycles. The third kappa shape index (κ3) is 3.97. The van der Waals surface area contributed by atoms with E-state index in [1.165, 1.54) is 0 Å². The normalized spacial score (nSPS) is 30.5.